The summed E-state index contributed by atoms with van der Waals surface area (Å²) in [7, 11) is 0. The number of carbonyl (C=O) groups excluding carboxylic acids is 2. The van der Waals surface area contributed by atoms with E-state index in [1.807, 2.05) is 32.0 Å². The molecule has 1 heterocycles. The molecule has 0 aliphatic heterocycles. The average Bonchev–Trinajstić information content (AvgIpc) is 2.83. The van der Waals surface area contributed by atoms with Gasteiger partial charge < -0.3 is 14.8 Å². The lowest BCUT2D eigenvalue weighted by molar-refractivity contribution is -0.149. The highest BCUT2D eigenvalue weighted by molar-refractivity contribution is 9.10. The fourth-order valence-electron chi connectivity index (χ4n) is 4.39. The molecule has 36 heavy (non-hydrogen) atoms. The molecule has 2 aromatic rings. The van der Waals surface area contributed by atoms with Crippen molar-refractivity contribution in [1.82, 2.24) is 4.98 Å². The van der Waals surface area contributed by atoms with E-state index in [0.717, 1.165) is 11.6 Å². The van der Waals surface area contributed by atoms with Crippen LogP contribution < -0.4 is 15.0 Å². The van der Waals surface area contributed by atoms with Crippen molar-refractivity contribution in [3.05, 3.63) is 46.3 Å². The molecule has 1 aliphatic rings. The molecular formula is C25H29BrF3N3O4. The van der Waals surface area contributed by atoms with E-state index in [1.54, 1.807) is 17.9 Å². The minimum atomic E-state index is -3.22. The second kappa shape index (κ2) is 12.4. The number of carbonyl (C=O) groups is 2. The number of urea groups is 1. The normalized spacial score (nSPS) is 17.7. The summed E-state index contributed by atoms with van der Waals surface area (Å²) in [6, 6.07) is 7.33. The highest BCUT2D eigenvalue weighted by Crippen LogP contribution is 2.36. The zero-order valence-electron chi connectivity index (χ0n) is 20.3. The molecule has 1 aromatic heterocycles. The molecule has 1 aromatic carbocycles. The van der Waals surface area contributed by atoms with Gasteiger partial charge in [0.15, 0.2) is 5.82 Å². The fraction of sp³-hybridized carbons (Fsp3) is 0.480. The number of esters is 1. The van der Waals surface area contributed by atoms with Crippen LogP contribution in [0.5, 0.6) is 5.88 Å². The van der Waals surface area contributed by atoms with Gasteiger partial charge in [-0.3, -0.25) is 9.69 Å². The van der Waals surface area contributed by atoms with Gasteiger partial charge in [-0.2, -0.15) is 8.78 Å². The van der Waals surface area contributed by atoms with Crippen LogP contribution in [-0.4, -0.2) is 36.2 Å². The van der Waals surface area contributed by atoms with Crippen molar-refractivity contribution in [2.75, 3.05) is 16.8 Å². The summed E-state index contributed by atoms with van der Waals surface area (Å²) in [4.78, 5) is 31.1. The number of hydrogen-bond acceptors (Lipinski definition) is 5. The molecule has 11 heteroatoms. The molecule has 0 radical (unpaired) electrons. The van der Waals surface area contributed by atoms with Crippen molar-refractivity contribution in [1.29, 1.82) is 0 Å². The average molecular weight is 572 g/mol. The molecule has 0 spiro atoms. The van der Waals surface area contributed by atoms with E-state index in [1.165, 1.54) is 0 Å². The van der Waals surface area contributed by atoms with Crippen molar-refractivity contribution in [3.63, 3.8) is 0 Å². The van der Waals surface area contributed by atoms with Crippen LogP contribution in [0.25, 0.3) is 0 Å². The lowest BCUT2D eigenvalue weighted by Gasteiger charge is -2.37. The van der Waals surface area contributed by atoms with E-state index in [2.05, 4.69) is 31.0 Å². The number of ether oxygens (including phenoxy) is 2. The first-order chi connectivity index (χ1) is 17.1. The maximum absolute atomic E-state index is 14.2. The Bertz CT molecular complexity index is 1080. The van der Waals surface area contributed by atoms with Crippen LogP contribution >= 0.6 is 15.9 Å². The number of para-hydroxylation sites is 1. The summed E-state index contributed by atoms with van der Waals surface area (Å²) >= 11 is 2.85. The number of amides is 2. The third-order valence-electron chi connectivity index (χ3n) is 6.06. The summed E-state index contributed by atoms with van der Waals surface area (Å²) in [5, 5.41) is 2.51. The highest BCUT2D eigenvalue weighted by atomic mass is 79.9. The quantitative estimate of drug-likeness (QED) is 0.276. The van der Waals surface area contributed by atoms with E-state index >= 15 is 0 Å². The maximum atomic E-state index is 14.2. The Morgan fingerprint density at radius 2 is 1.86 bits per heavy atom. The molecule has 1 N–H and O–H groups in total. The van der Waals surface area contributed by atoms with Crippen molar-refractivity contribution in [2.45, 2.75) is 65.0 Å². The van der Waals surface area contributed by atoms with Gasteiger partial charge in [0.1, 0.15) is 10.3 Å². The molecule has 2 amide bonds. The first kappa shape index (κ1) is 27.8. The van der Waals surface area contributed by atoms with E-state index < -0.39 is 24.3 Å². The van der Waals surface area contributed by atoms with Crippen LogP contribution in [-0.2, 0) is 9.53 Å². The Balaban J connectivity index is 1.95. The Hall–Kier alpha value is -2.82. The molecule has 1 aliphatic carbocycles. The van der Waals surface area contributed by atoms with Gasteiger partial charge in [0.2, 0.25) is 5.88 Å². The van der Waals surface area contributed by atoms with Gasteiger partial charge in [0.25, 0.3) is 0 Å². The van der Waals surface area contributed by atoms with E-state index in [9.17, 15) is 22.8 Å². The van der Waals surface area contributed by atoms with Crippen molar-refractivity contribution in [3.8, 4) is 5.88 Å². The van der Waals surface area contributed by atoms with Gasteiger partial charge in [0.05, 0.1) is 12.5 Å². The standard InChI is InChI=1S/C25H29BrF3N3O4/c1-4-35-23(33)15-9-11-16(12-10-15)32(20-8-6-5-7-17(20)14(2)3)25(34)30-19-13-18(27)21(26)31-22(19)36-24(28)29/h5-8,13-16,24H,4,9-12H2,1-3H3,(H,30,34). The molecule has 7 nitrogen and oxygen atoms in total. The Kier molecular flexibility index (Phi) is 9.58. The third-order valence-corrected chi connectivity index (χ3v) is 6.62. The number of halogens is 4. The topological polar surface area (TPSA) is 80.8 Å². The van der Waals surface area contributed by atoms with Gasteiger partial charge in [-0.1, -0.05) is 32.0 Å². The van der Waals surface area contributed by atoms with Crippen LogP contribution in [0.15, 0.2) is 34.9 Å². The van der Waals surface area contributed by atoms with E-state index in [0.29, 0.717) is 38.0 Å². The van der Waals surface area contributed by atoms with Gasteiger partial charge in [0, 0.05) is 17.8 Å². The smallest absolute Gasteiger partial charge is 0.388 e. The van der Waals surface area contributed by atoms with Crippen LogP contribution in [0.4, 0.5) is 29.3 Å². The van der Waals surface area contributed by atoms with Crippen molar-refractivity contribution in [2.24, 2.45) is 5.92 Å². The monoisotopic (exact) mass is 571 g/mol. The minimum Gasteiger partial charge on any atom is -0.466 e. The largest absolute Gasteiger partial charge is 0.466 e. The van der Waals surface area contributed by atoms with Crippen molar-refractivity contribution < 1.29 is 32.2 Å². The number of anilines is 2. The fourth-order valence-corrected chi connectivity index (χ4v) is 4.66. The molecule has 196 valence electrons. The predicted molar refractivity (Wildman–Crippen MR) is 133 cm³/mol. The first-order valence-electron chi connectivity index (χ1n) is 11.8. The van der Waals surface area contributed by atoms with Crippen molar-refractivity contribution >= 4 is 39.3 Å². The molecule has 0 unspecified atom stereocenters. The number of benzene rings is 1. The number of rotatable bonds is 8. The molecular weight excluding hydrogens is 543 g/mol. The number of nitrogens with one attached hydrogen (secondary N) is 1. The second-order valence-electron chi connectivity index (χ2n) is 8.76. The Labute approximate surface area is 216 Å². The maximum Gasteiger partial charge on any atom is 0.388 e. The third kappa shape index (κ3) is 6.68. The summed E-state index contributed by atoms with van der Waals surface area (Å²) in [6.45, 7) is 2.83. The van der Waals surface area contributed by atoms with Gasteiger partial charge in [-0.15, -0.1) is 0 Å². The van der Waals surface area contributed by atoms with Crippen LogP contribution in [0.2, 0.25) is 0 Å². The SMILES string of the molecule is CCOC(=O)C1CCC(N(C(=O)Nc2cc(F)c(Br)nc2OC(F)F)c2ccccc2C(C)C)CC1. The predicted octanol–water partition coefficient (Wildman–Crippen LogP) is 6.87. The molecule has 1 fully saturated rings. The van der Waals surface area contributed by atoms with Gasteiger partial charge >= 0.3 is 18.6 Å². The molecule has 0 bridgehead atoms. The summed E-state index contributed by atoms with van der Waals surface area (Å²) < 4.78 is 49.4. The number of aromatic nitrogens is 1. The molecule has 3 rings (SSSR count). The van der Waals surface area contributed by atoms with Crippen LogP contribution in [0, 0.1) is 11.7 Å². The van der Waals surface area contributed by atoms with Crippen LogP contribution in [0.3, 0.4) is 0 Å². The zero-order chi connectivity index (χ0) is 26.4. The molecule has 0 atom stereocenters. The number of hydrogen-bond donors (Lipinski definition) is 1. The second-order valence-corrected chi connectivity index (χ2v) is 9.51. The van der Waals surface area contributed by atoms with E-state index in [-0.39, 0.29) is 34.1 Å². The Morgan fingerprint density at radius 3 is 2.47 bits per heavy atom. The number of pyridine rings is 1. The summed E-state index contributed by atoms with van der Waals surface area (Å²) in [5.41, 5.74) is 1.23. The van der Waals surface area contributed by atoms with Gasteiger partial charge in [-0.05, 0) is 66.1 Å². The minimum absolute atomic E-state index is 0.0805. The lowest BCUT2D eigenvalue weighted by Crippen LogP contribution is -2.46. The Morgan fingerprint density at radius 1 is 1.19 bits per heavy atom. The first-order valence-corrected chi connectivity index (χ1v) is 12.6. The molecule has 0 saturated heterocycles. The highest BCUT2D eigenvalue weighted by Gasteiger charge is 2.34. The number of alkyl halides is 2. The zero-order valence-corrected chi connectivity index (χ0v) is 21.9. The van der Waals surface area contributed by atoms with Gasteiger partial charge in [-0.25, -0.2) is 14.2 Å². The number of nitrogens with zero attached hydrogens (tertiary/aromatic N) is 2. The summed E-state index contributed by atoms with van der Waals surface area (Å²) in [6.07, 6.45) is 2.12. The van der Waals surface area contributed by atoms with Crippen LogP contribution in [0.1, 0.15) is 57.9 Å². The lowest BCUT2D eigenvalue weighted by atomic mass is 9.84. The van der Waals surface area contributed by atoms with E-state index in [4.69, 9.17) is 4.74 Å². The molecule has 1 saturated carbocycles. The summed E-state index contributed by atoms with van der Waals surface area (Å²) in [5.74, 6) is -1.88.